The molecule has 2 amide bonds. The fraction of sp³-hybridized carbons (Fsp3) is 0.389. The average Bonchev–Trinajstić information content (AvgIpc) is 2.86. The molecule has 0 spiro atoms. The van der Waals surface area contributed by atoms with Crippen LogP contribution < -0.4 is 10.6 Å². The predicted molar refractivity (Wildman–Crippen MR) is 89.3 cm³/mol. The minimum Gasteiger partial charge on any atom is -0.466 e. The molecular formula is C18H24N2O3. The van der Waals surface area contributed by atoms with Crippen LogP contribution in [-0.4, -0.2) is 24.2 Å². The van der Waals surface area contributed by atoms with E-state index >= 15 is 0 Å². The van der Waals surface area contributed by atoms with E-state index in [1.165, 1.54) is 5.56 Å². The van der Waals surface area contributed by atoms with Crippen LogP contribution >= 0.6 is 0 Å². The van der Waals surface area contributed by atoms with Gasteiger partial charge in [0.15, 0.2) is 0 Å². The SMILES string of the molecule is Cc1cc(C(C)(O)CNC(=O)NCCc2ccccc2)c(C)o1. The van der Waals surface area contributed by atoms with Crippen molar-refractivity contribution < 1.29 is 14.3 Å². The van der Waals surface area contributed by atoms with Crippen LogP contribution in [0.5, 0.6) is 0 Å². The molecule has 1 aromatic heterocycles. The van der Waals surface area contributed by atoms with Gasteiger partial charge in [0.25, 0.3) is 0 Å². The van der Waals surface area contributed by atoms with Crippen molar-refractivity contribution in [1.82, 2.24) is 10.6 Å². The van der Waals surface area contributed by atoms with Gasteiger partial charge < -0.3 is 20.2 Å². The molecule has 5 heteroatoms. The van der Waals surface area contributed by atoms with E-state index in [4.69, 9.17) is 4.42 Å². The molecular weight excluding hydrogens is 292 g/mol. The second-order valence-corrected chi connectivity index (χ2v) is 5.95. The normalized spacial score (nSPS) is 13.4. The summed E-state index contributed by atoms with van der Waals surface area (Å²) in [4.78, 5) is 11.8. The van der Waals surface area contributed by atoms with E-state index < -0.39 is 5.60 Å². The van der Waals surface area contributed by atoms with Crippen LogP contribution in [0.15, 0.2) is 40.8 Å². The van der Waals surface area contributed by atoms with E-state index in [9.17, 15) is 9.90 Å². The van der Waals surface area contributed by atoms with Gasteiger partial charge in [-0.05, 0) is 38.8 Å². The Morgan fingerprint density at radius 2 is 1.91 bits per heavy atom. The van der Waals surface area contributed by atoms with Gasteiger partial charge in [-0.3, -0.25) is 0 Å². The number of aliphatic hydroxyl groups is 1. The molecule has 5 nitrogen and oxygen atoms in total. The van der Waals surface area contributed by atoms with E-state index in [0.717, 1.165) is 12.2 Å². The second kappa shape index (κ2) is 7.33. The fourth-order valence-electron chi connectivity index (χ4n) is 2.54. The molecule has 0 bridgehead atoms. The van der Waals surface area contributed by atoms with E-state index in [1.807, 2.05) is 37.3 Å². The highest BCUT2D eigenvalue weighted by Crippen LogP contribution is 2.26. The molecule has 1 unspecified atom stereocenters. The molecule has 1 atom stereocenters. The van der Waals surface area contributed by atoms with Crippen LogP contribution in [0.3, 0.4) is 0 Å². The van der Waals surface area contributed by atoms with Crippen molar-refractivity contribution in [1.29, 1.82) is 0 Å². The molecule has 0 aliphatic rings. The standard InChI is InChI=1S/C18H24N2O3/c1-13-11-16(14(2)23-13)18(3,22)12-20-17(21)19-10-9-15-7-5-4-6-8-15/h4-8,11,22H,9-10,12H2,1-3H3,(H2,19,20,21). The summed E-state index contributed by atoms with van der Waals surface area (Å²) in [6.07, 6.45) is 0.769. The van der Waals surface area contributed by atoms with Gasteiger partial charge in [-0.15, -0.1) is 0 Å². The Kier molecular flexibility index (Phi) is 5.45. The number of hydrogen-bond acceptors (Lipinski definition) is 3. The maximum atomic E-state index is 11.8. The zero-order valence-electron chi connectivity index (χ0n) is 13.8. The number of benzene rings is 1. The first-order valence-electron chi connectivity index (χ1n) is 7.74. The van der Waals surface area contributed by atoms with E-state index in [-0.39, 0.29) is 12.6 Å². The largest absolute Gasteiger partial charge is 0.466 e. The number of carbonyl (C=O) groups excluding carboxylic acids is 1. The smallest absolute Gasteiger partial charge is 0.314 e. The van der Waals surface area contributed by atoms with Gasteiger partial charge in [-0.25, -0.2) is 4.79 Å². The summed E-state index contributed by atoms with van der Waals surface area (Å²) < 4.78 is 5.43. The van der Waals surface area contributed by atoms with Crippen LogP contribution in [0.2, 0.25) is 0 Å². The van der Waals surface area contributed by atoms with Crippen LogP contribution in [0, 0.1) is 13.8 Å². The Morgan fingerprint density at radius 3 is 2.52 bits per heavy atom. The average molecular weight is 316 g/mol. The maximum Gasteiger partial charge on any atom is 0.314 e. The molecule has 23 heavy (non-hydrogen) atoms. The Balaban J connectivity index is 1.78. The van der Waals surface area contributed by atoms with E-state index in [1.54, 1.807) is 19.9 Å². The number of hydrogen-bond donors (Lipinski definition) is 3. The van der Waals surface area contributed by atoms with Crippen molar-refractivity contribution in [3.05, 3.63) is 59.0 Å². The molecule has 1 aromatic carbocycles. The Morgan fingerprint density at radius 1 is 1.22 bits per heavy atom. The van der Waals surface area contributed by atoms with Crippen molar-refractivity contribution in [2.75, 3.05) is 13.1 Å². The molecule has 2 rings (SSSR count). The monoisotopic (exact) mass is 316 g/mol. The van der Waals surface area contributed by atoms with E-state index in [0.29, 0.717) is 17.9 Å². The van der Waals surface area contributed by atoms with E-state index in [2.05, 4.69) is 10.6 Å². The number of amides is 2. The molecule has 0 aliphatic carbocycles. The molecule has 0 aliphatic heterocycles. The van der Waals surface area contributed by atoms with Gasteiger partial charge in [0, 0.05) is 12.1 Å². The third-order valence-electron chi connectivity index (χ3n) is 3.76. The van der Waals surface area contributed by atoms with Gasteiger partial charge >= 0.3 is 6.03 Å². The molecule has 2 aromatic rings. The Hall–Kier alpha value is -2.27. The van der Waals surface area contributed by atoms with Crippen molar-refractivity contribution >= 4 is 6.03 Å². The van der Waals surface area contributed by atoms with Crippen molar-refractivity contribution in [2.45, 2.75) is 32.8 Å². The molecule has 124 valence electrons. The number of carbonyl (C=O) groups is 1. The van der Waals surface area contributed by atoms with Crippen LogP contribution in [0.1, 0.15) is 29.6 Å². The topological polar surface area (TPSA) is 74.5 Å². The minimum atomic E-state index is -1.17. The lowest BCUT2D eigenvalue weighted by Crippen LogP contribution is -2.44. The third-order valence-corrected chi connectivity index (χ3v) is 3.76. The third kappa shape index (κ3) is 4.86. The van der Waals surface area contributed by atoms with Gasteiger partial charge in [0.2, 0.25) is 0 Å². The number of rotatable bonds is 6. The zero-order chi connectivity index (χ0) is 16.9. The highest BCUT2D eigenvalue weighted by molar-refractivity contribution is 5.73. The van der Waals surface area contributed by atoms with Crippen LogP contribution in [-0.2, 0) is 12.0 Å². The van der Waals surface area contributed by atoms with Gasteiger partial charge in [0.05, 0.1) is 6.54 Å². The zero-order valence-corrected chi connectivity index (χ0v) is 13.8. The number of furan rings is 1. The van der Waals surface area contributed by atoms with Crippen LogP contribution in [0.4, 0.5) is 4.79 Å². The van der Waals surface area contributed by atoms with Crippen molar-refractivity contribution in [2.24, 2.45) is 0 Å². The fourth-order valence-corrected chi connectivity index (χ4v) is 2.54. The first-order valence-corrected chi connectivity index (χ1v) is 7.74. The van der Waals surface area contributed by atoms with Gasteiger partial charge in [-0.1, -0.05) is 30.3 Å². The summed E-state index contributed by atoms with van der Waals surface area (Å²) in [5.41, 5.74) is 0.697. The first-order chi connectivity index (χ1) is 10.9. The maximum absolute atomic E-state index is 11.8. The summed E-state index contributed by atoms with van der Waals surface area (Å²) in [6, 6.07) is 11.5. The Labute approximate surface area is 136 Å². The molecule has 0 saturated heterocycles. The Bertz CT molecular complexity index is 648. The number of nitrogens with one attached hydrogen (secondary N) is 2. The highest BCUT2D eigenvalue weighted by atomic mass is 16.3. The number of urea groups is 1. The second-order valence-electron chi connectivity index (χ2n) is 5.95. The summed E-state index contributed by atoms with van der Waals surface area (Å²) in [7, 11) is 0. The van der Waals surface area contributed by atoms with Gasteiger partial charge in [-0.2, -0.15) is 0 Å². The highest BCUT2D eigenvalue weighted by Gasteiger charge is 2.28. The van der Waals surface area contributed by atoms with Crippen molar-refractivity contribution in [3.8, 4) is 0 Å². The molecule has 0 fully saturated rings. The lowest BCUT2D eigenvalue weighted by atomic mass is 9.96. The summed E-state index contributed by atoms with van der Waals surface area (Å²) in [5, 5.41) is 16.0. The molecule has 0 saturated carbocycles. The summed E-state index contributed by atoms with van der Waals surface area (Å²) >= 11 is 0. The lowest BCUT2D eigenvalue weighted by Gasteiger charge is -2.23. The van der Waals surface area contributed by atoms with Crippen LogP contribution in [0.25, 0.3) is 0 Å². The lowest BCUT2D eigenvalue weighted by molar-refractivity contribution is 0.0579. The predicted octanol–water partition coefficient (Wildman–Crippen LogP) is 2.65. The number of aryl methyl sites for hydroxylation is 2. The molecule has 3 N–H and O–H groups in total. The van der Waals surface area contributed by atoms with Gasteiger partial charge in [0.1, 0.15) is 17.1 Å². The molecule has 0 radical (unpaired) electrons. The molecule has 1 heterocycles. The quantitative estimate of drug-likeness (QED) is 0.767. The summed E-state index contributed by atoms with van der Waals surface area (Å²) in [5.74, 6) is 1.41. The first kappa shape index (κ1) is 17.1. The van der Waals surface area contributed by atoms with Crippen molar-refractivity contribution in [3.63, 3.8) is 0 Å². The minimum absolute atomic E-state index is 0.115. The summed E-state index contributed by atoms with van der Waals surface area (Å²) in [6.45, 7) is 5.95.